The third-order valence-electron chi connectivity index (χ3n) is 1.73. The van der Waals surface area contributed by atoms with Crippen molar-refractivity contribution in [2.45, 2.75) is 0 Å². The highest BCUT2D eigenvalue weighted by Gasteiger charge is 2.19. The second-order valence-corrected chi connectivity index (χ2v) is 8.20. The molecule has 1 N–H and O–H groups in total. The summed E-state index contributed by atoms with van der Waals surface area (Å²) in [5.74, 6) is 0. The number of nitrogens with zero attached hydrogens (tertiary/aromatic N) is 1. The Kier molecular flexibility index (Phi) is 4.21. The van der Waals surface area contributed by atoms with Gasteiger partial charge < -0.3 is 0 Å². The smallest absolute Gasteiger partial charge is 0.247 e. The highest BCUT2D eigenvalue weighted by molar-refractivity contribution is 8.08. The molecule has 0 aromatic heterocycles. The van der Waals surface area contributed by atoms with Gasteiger partial charge in [-0.15, -0.1) is 0 Å². The molecule has 0 aliphatic heterocycles. The van der Waals surface area contributed by atoms with E-state index in [1.165, 1.54) is 18.2 Å². The molecule has 0 spiro atoms. The molecular weight excluding hydrogens is 300 g/mol. The fourth-order valence-corrected chi connectivity index (χ4v) is 4.43. The lowest BCUT2D eigenvalue weighted by atomic mass is 10.2. The predicted octanol–water partition coefficient (Wildman–Crippen LogP) is 0.955. The van der Waals surface area contributed by atoms with Gasteiger partial charge in [0.15, 0.2) is 14.9 Å². The van der Waals surface area contributed by atoms with Gasteiger partial charge in [0.05, 0.1) is 22.3 Å². The van der Waals surface area contributed by atoms with Crippen molar-refractivity contribution >= 4 is 37.1 Å². The summed E-state index contributed by atoms with van der Waals surface area (Å²) >= 11 is 5.76. The van der Waals surface area contributed by atoms with Crippen LogP contribution in [0.3, 0.4) is 0 Å². The van der Waals surface area contributed by atoms with Gasteiger partial charge in [0.1, 0.15) is 0 Å². The van der Waals surface area contributed by atoms with E-state index >= 15 is 0 Å². The molecule has 1 aromatic rings. The summed E-state index contributed by atoms with van der Waals surface area (Å²) in [5, 5.41) is 7.60. The van der Waals surface area contributed by atoms with Gasteiger partial charge in [-0.3, -0.25) is 4.72 Å². The topological polar surface area (TPSA) is 104 Å². The Morgan fingerprint density at radius 1 is 1.33 bits per heavy atom. The Morgan fingerprint density at radius 3 is 2.39 bits per heavy atom. The van der Waals surface area contributed by atoms with Crippen LogP contribution in [-0.2, 0) is 19.9 Å². The number of sulfonamides is 1. The Balaban J connectivity index is 3.03. The van der Waals surface area contributed by atoms with E-state index in [9.17, 15) is 16.8 Å². The maximum absolute atomic E-state index is 11.5. The maximum Gasteiger partial charge on any atom is 0.247 e. The number of benzene rings is 1. The first-order valence-corrected chi connectivity index (χ1v) is 8.60. The second-order valence-electron chi connectivity index (χ2n) is 3.57. The van der Waals surface area contributed by atoms with Crippen LogP contribution in [0.2, 0.25) is 5.02 Å². The molecule has 0 aliphatic carbocycles. The van der Waals surface area contributed by atoms with Crippen molar-refractivity contribution in [2.75, 3.05) is 16.1 Å². The maximum atomic E-state index is 11.5. The molecule has 0 radical (unpaired) electrons. The average Bonchev–Trinajstić information content (AvgIpc) is 2.17. The zero-order valence-corrected chi connectivity index (χ0v) is 11.6. The molecule has 1 rings (SSSR count). The van der Waals surface area contributed by atoms with E-state index in [4.69, 9.17) is 16.9 Å². The minimum Gasteiger partial charge on any atom is -0.281 e. The fourth-order valence-electron chi connectivity index (χ4n) is 1.15. The van der Waals surface area contributed by atoms with Crippen LogP contribution >= 0.6 is 11.6 Å². The van der Waals surface area contributed by atoms with Crippen LogP contribution in [0.15, 0.2) is 18.2 Å². The van der Waals surface area contributed by atoms with Gasteiger partial charge in [-0.05, 0) is 18.2 Å². The number of halogens is 1. The molecule has 1 aromatic carbocycles. The van der Waals surface area contributed by atoms with Gasteiger partial charge in [-0.1, -0.05) is 11.6 Å². The predicted molar refractivity (Wildman–Crippen MR) is 68.4 cm³/mol. The highest BCUT2D eigenvalue weighted by Crippen LogP contribution is 2.23. The summed E-state index contributed by atoms with van der Waals surface area (Å²) in [6.45, 7) is 0. The van der Waals surface area contributed by atoms with Crippen LogP contribution in [0.1, 0.15) is 5.56 Å². The van der Waals surface area contributed by atoms with Crippen molar-refractivity contribution in [1.82, 2.24) is 0 Å². The summed E-state index contributed by atoms with van der Waals surface area (Å²) in [6, 6.07) is 5.77. The van der Waals surface area contributed by atoms with Crippen LogP contribution in [0.25, 0.3) is 0 Å². The Hall–Kier alpha value is -1.30. The molecular formula is C9H9ClN2O4S2. The van der Waals surface area contributed by atoms with E-state index in [0.717, 1.165) is 6.26 Å². The average molecular weight is 309 g/mol. The molecule has 0 heterocycles. The lowest BCUT2D eigenvalue weighted by Crippen LogP contribution is -2.22. The minimum absolute atomic E-state index is 0.0196. The van der Waals surface area contributed by atoms with Crippen LogP contribution in [0, 0.1) is 11.3 Å². The zero-order chi connectivity index (χ0) is 14.0. The van der Waals surface area contributed by atoms with E-state index < -0.39 is 24.9 Å². The van der Waals surface area contributed by atoms with Gasteiger partial charge in [0.25, 0.3) is 0 Å². The third kappa shape index (κ3) is 4.52. The van der Waals surface area contributed by atoms with Crippen LogP contribution in [-0.4, -0.2) is 28.2 Å². The molecule has 0 aliphatic rings. The number of sulfone groups is 1. The number of hydrogen-bond acceptors (Lipinski definition) is 5. The first-order chi connectivity index (χ1) is 8.13. The van der Waals surface area contributed by atoms with Crippen molar-refractivity contribution in [3.05, 3.63) is 28.8 Å². The van der Waals surface area contributed by atoms with Crippen molar-refractivity contribution in [3.63, 3.8) is 0 Å². The molecule has 0 bridgehead atoms. The van der Waals surface area contributed by atoms with E-state index in [2.05, 4.69) is 0 Å². The highest BCUT2D eigenvalue weighted by atomic mass is 35.5. The second kappa shape index (κ2) is 5.14. The Morgan fingerprint density at radius 2 is 1.94 bits per heavy atom. The van der Waals surface area contributed by atoms with Crippen LogP contribution in [0.4, 0.5) is 5.69 Å². The van der Waals surface area contributed by atoms with E-state index in [1.807, 2.05) is 10.8 Å². The van der Waals surface area contributed by atoms with Crippen LogP contribution in [0.5, 0.6) is 0 Å². The van der Waals surface area contributed by atoms with Crippen molar-refractivity contribution in [2.24, 2.45) is 0 Å². The summed E-state index contributed by atoms with van der Waals surface area (Å²) in [7, 11) is -7.71. The quantitative estimate of drug-likeness (QED) is 0.892. The van der Waals surface area contributed by atoms with Crippen molar-refractivity contribution in [1.29, 1.82) is 5.26 Å². The van der Waals surface area contributed by atoms with E-state index in [-0.39, 0.29) is 16.3 Å². The molecule has 0 amide bonds. The summed E-state index contributed by atoms with van der Waals surface area (Å²) in [6.07, 6.45) is 0.812. The first kappa shape index (κ1) is 14.8. The van der Waals surface area contributed by atoms with E-state index in [1.54, 1.807) is 0 Å². The monoisotopic (exact) mass is 308 g/mol. The Labute approximate surface area is 110 Å². The summed E-state index contributed by atoms with van der Waals surface area (Å²) in [4.78, 5) is 0. The fraction of sp³-hybridized carbons (Fsp3) is 0.222. The zero-order valence-electron chi connectivity index (χ0n) is 9.21. The first-order valence-electron chi connectivity index (χ1n) is 4.51. The molecule has 0 saturated carbocycles. The largest absolute Gasteiger partial charge is 0.281 e. The van der Waals surface area contributed by atoms with Crippen molar-refractivity contribution < 1.29 is 16.8 Å². The van der Waals surface area contributed by atoms with Gasteiger partial charge in [0.2, 0.25) is 10.0 Å². The lowest BCUT2D eigenvalue weighted by molar-refractivity contribution is 0.595. The SMILES string of the molecule is CS(=O)(=O)CS(=O)(=O)Nc1ccc(C#N)cc1Cl. The molecule has 0 fully saturated rings. The molecule has 0 atom stereocenters. The Bertz CT molecular complexity index is 705. The van der Waals surface area contributed by atoms with E-state index in [0.29, 0.717) is 0 Å². The summed E-state index contributed by atoms with van der Waals surface area (Å²) in [5.41, 5.74) is 0.297. The lowest BCUT2D eigenvalue weighted by Gasteiger charge is -2.08. The summed E-state index contributed by atoms with van der Waals surface area (Å²) < 4.78 is 46.9. The van der Waals surface area contributed by atoms with Crippen LogP contribution < -0.4 is 4.72 Å². The molecule has 98 valence electrons. The molecule has 0 unspecified atom stereocenters. The molecule has 0 saturated heterocycles. The van der Waals surface area contributed by atoms with Gasteiger partial charge >= 0.3 is 0 Å². The van der Waals surface area contributed by atoms with Crippen molar-refractivity contribution in [3.8, 4) is 6.07 Å². The number of nitriles is 1. The standard InChI is InChI=1S/C9H9ClN2O4S2/c1-17(13,14)6-18(15,16)12-9-3-2-7(5-11)4-8(9)10/h2-4,12H,6H2,1H3. The number of hydrogen-bond donors (Lipinski definition) is 1. The van der Waals surface area contributed by atoms with Gasteiger partial charge in [-0.25, -0.2) is 16.8 Å². The number of rotatable bonds is 4. The normalized spacial score (nSPS) is 11.8. The van der Waals surface area contributed by atoms with Gasteiger partial charge in [0, 0.05) is 6.26 Å². The van der Waals surface area contributed by atoms with Gasteiger partial charge in [-0.2, -0.15) is 5.26 Å². The molecule has 18 heavy (non-hydrogen) atoms. The molecule has 6 nitrogen and oxygen atoms in total. The minimum atomic E-state index is -4.04. The molecule has 9 heteroatoms. The third-order valence-corrected chi connectivity index (χ3v) is 5.53. The number of anilines is 1. The number of nitrogens with one attached hydrogen (secondary N) is 1.